The highest BCUT2D eigenvalue weighted by Crippen LogP contribution is 2.38. The highest BCUT2D eigenvalue weighted by molar-refractivity contribution is 7.13. The van der Waals surface area contributed by atoms with E-state index >= 15 is 0 Å². The van der Waals surface area contributed by atoms with Crippen LogP contribution in [0.15, 0.2) is 48.0 Å². The molecule has 1 amide bonds. The van der Waals surface area contributed by atoms with Crippen LogP contribution >= 0.6 is 11.3 Å². The Kier molecular flexibility index (Phi) is 4.25. The second kappa shape index (κ2) is 6.73. The van der Waals surface area contributed by atoms with Crippen LogP contribution in [0.3, 0.4) is 0 Å². The van der Waals surface area contributed by atoms with Crippen molar-refractivity contribution in [2.24, 2.45) is 12.8 Å². The molecule has 3 aromatic heterocycles. The lowest BCUT2D eigenvalue weighted by Crippen LogP contribution is -2.14. The number of thiophene rings is 1. The van der Waals surface area contributed by atoms with Gasteiger partial charge in [-0.15, -0.1) is 11.3 Å². The fourth-order valence-electron chi connectivity index (χ4n) is 2.97. The fraction of sp³-hybridized carbons (Fsp3) is 0.105. The first-order valence-corrected chi connectivity index (χ1v) is 9.07. The molecule has 136 valence electrons. The summed E-state index contributed by atoms with van der Waals surface area (Å²) in [7, 11) is 3.43. The molecule has 0 spiro atoms. The minimum atomic E-state index is -0.559. The maximum absolute atomic E-state index is 12.1. The number of primary amides is 1. The molecular weight excluding hydrogens is 362 g/mol. The Balaban J connectivity index is 1.98. The number of methoxy groups -OCH3 is 1. The number of nitrogens with one attached hydrogen (secondary N) is 1. The van der Waals surface area contributed by atoms with Gasteiger partial charge < -0.3 is 15.8 Å². The van der Waals surface area contributed by atoms with E-state index in [1.807, 2.05) is 48.8 Å². The summed E-state index contributed by atoms with van der Waals surface area (Å²) in [5.41, 5.74) is 8.69. The summed E-state index contributed by atoms with van der Waals surface area (Å²) in [5.74, 6) is 0.145. The SMILES string of the molecule is COc1cccc(Nc2c(C(N)=O)cnc3c2c(-c2cccs2)nn3C)c1. The number of fused-ring (bicyclic) bond motifs is 1. The van der Waals surface area contributed by atoms with Gasteiger partial charge in [-0.1, -0.05) is 12.1 Å². The van der Waals surface area contributed by atoms with Crippen molar-refractivity contribution < 1.29 is 9.53 Å². The van der Waals surface area contributed by atoms with E-state index in [4.69, 9.17) is 10.5 Å². The van der Waals surface area contributed by atoms with Crippen LogP contribution < -0.4 is 15.8 Å². The van der Waals surface area contributed by atoms with Gasteiger partial charge in [-0.25, -0.2) is 9.67 Å². The van der Waals surface area contributed by atoms with Crippen LogP contribution in [0.1, 0.15) is 10.4 Å². The predicted molar refractivity (Wildman–Crippen MR) is 107 cm³/mol. The molecule has 0 fully saturated rings. The molecule has 4 aromatic rings. The first kappa shape index (κ1) is 17.0. The molecule has 0 saturated heterocycles. The van der Waals surface area contributed by atoms with E-state index < -0.39 is 5.91 Å². The summed E-state index contributed by atoms with van der Waals surface area (Å²) in [4.78, 5) is 17.5. The van der Waals surface area contributed by atoms with E-state index in [-0.39, 0.29) is 0 Å². The Morgan fingerprint density at radius 2 is 2.15 bits per heavy atom. The van der Waals surface area contributed by atoms with Gasteiger partial charge in [-0.3, -0.25) is 4.79 Å². The second-order valence-corrected chi connectivity index (χ2v) is 6.86. The summed E-state index contributed by atoms with van der Waals surface area (Å²) in [6.45, 7) is 0. The smallest absolute Gasteiger partial charge is 0.252 e. The van der Waals surface area contributed by atoms with E-state index in [2.05, 4.69) is 15.4 Å². The molecule has 0 aliphatic heterocycles. The number of carbonyl (C=O) groups is 1. The van der Waals surface area contributed by atoms with Gasteiger partial charge in [-0.2, -0.15) is 5.10 Å². The van der Waals surface area contributed by atoms with Crippen molar-refractivity contribution in [3.63, 3.8) is 0 Å². The third kappa shape index (κ3) is 3.00. The average Bonchev–Trinajstić information content (AvgIpc) is 3.30. The number of pyridine rings is 1. The number of hydrogen-bond acceptors (Lipinski definition) is 6. The summed E-state index contributed by atoms with van der Waals surface area (Å²) in [6.07, 6.45) is 1.48. The lowest BCUT2D eigenvalue weighted by Gasteiger charge is -2.13. The zero-order valence-corrected chi connectivity index (χ0v) is 15.6. The van der Waals surface area contributed by atoms with Crippen molar-refractivity contribution in [2.75, 3.05) is 12.4 Å². The zero-order valence-electron chi connectivity index (χ0n) is 14.8. The minimum absolute atomic E-state index is 0.302. The van der Waals surface area contributed by atoms with Gasteiger partial charge >= 0.3 is 0 Å². The molecule has 3 N–H and O–H groups in total. The number of aromatic nitrogens is 3. The maximum atomic E-state index is 12.1. The van der Waals surface area contributed by atoms with Crippen LogP contribution in [0, 0.1) is 0 Å². The monoisotopic (exact) mass is 379 g/mol. The molecule has 3 heterocycles. The topological polar surface area (TPSA) is 95.1 Å². The Labute approximate surface area is 159 Å². The number of nitrogens with two attached hydrogens (primary N) is 1. The highest BCUT2D eigenvalue weighted by Gasteiger charge is 2.21. The number of hydrogen-bond donors (Lipinski definition) is 2. The van der Waals surface area contributed by atoms with Crippen molar-refractivity contribution in [1.29, 1.82) is 0 Å². The average molecular weight is 379 g/mol. The number of carbonyl (C=O) groups excluding carboxylic acids is 1. The first-order valence-electron chi connectivity index (χ1n) is 8.19. The van der Waals surface area contributed by atoms with Crippen LogP contribution in [0.25, 0.3) is 21.6 Å². The molecule has 4 rings (SSSR count). The molecule has 7 nitrogen and oxygen atoms in total. The van der Waals surface area contributed by atoms with Crippen molar-refractivity contribution in [2.45, 2.75) is 0 Å². The van der Waals surface area contributed by atoms with Gasteiger partial charge in [0.05, 0.1) is 28.6 Å². The lowest BCUT2D eigenvalue weighted by molar-refractivity contribution is 0.100. The van der Waals surface area contributed by atoms with Crippen LogP contribution in [-0.2, 0) is 7.05 Å². The normalized spacial score (nSPS) is 10.9. The predicted octanol–water partition coefficient (Wildman–Crippen LogP) is 3.55. The fourth-order valence-corrected chi connectivity index (χ4v) is 3.68. The molecule has 0 saturated carbocycles. The number of nitrogens with zero attached hydrogens (tertiary/aromatic N) is 3. The molecule has 8 heteroatoms. The highest BCUT2D eigenvalue weighted by atomic mass is 32.1. The number of aryl methyl sites for hydroxylation is 1. The second-order valence-electron chi connectivity index (χ2n) is 5.92. The van der Waals surface area contributed by atoms with Gasteiger partial charge in [0, 0.05) is 25.0 Å². The van der Waals surface area contributed by atoms with Crippen LogP contribution in [0.5, 0.6) is 5.75 Å². The van der Waals surface area contributed by atoms with E-state index in [1.165, 1.54) is 6.20 Å². The Bertz CT molecular complexity index is 1130. The molecule has 0 aliphatic rings. The summed E-state index contributed by atoms with van der Waals surface area (Å²) < 4.78 is 6.99. The minimum Gasteiger partial charge on any atom is -0.497 e. The largest absolute Gasteiger partial charge is 0.497 e. The first-order chi connectivity index (χ1) is 13.1. The van der Waals surface area contributed by atoms with Gasteiger partial charge in [0.15, 0.2) is 5.65 Å². The Morgan fingerprint density at radius 1 is 1.30 bits per heavy atom. The Morgan fingerprint density at radius 3 is 2.85 bits per heavy atom. The number of benzene rings is 1. The standard InChI is InChI=1S/C19H17N5O2S/c1-24-19-15(17(23-24)14-7-4-8-27-14)16(13(10-21-19)18(20)25)22-11-5-3-6-12(9-11)26-2/h3-10H,1-2H3,(H2,20,25)(H,21,22). The van der Waals surface area contributed by atoms with E-state index in [1.54, 1.807) is 23.1 Å². The lowest BCUT2D eigenvalue weighted by atomic mass is 10.1. The molecule has 0 unspecified atom stereocenters. The molecule has 0 radical (unpaired) electrons. The van der Waals surface area contributed by atoms with Crippen molar-refractivity contribution in [3.8, 4) is 16.3 Å². The number of rotatable bonds is 5. The van der Waals surface area contributed by atoms with Crippen LogP contribution in [0.2, 0.25) is 0 Å². The zero-order chi connectivity index (χ0) is 19.0. The van der Waals surface area contributed by atoms with Gasteiger partial charge in [0.1, 0.15) is 11.4 Å². The van der Waals surface area contributed by atoms with Crippen LogP contribution in [0.4, 0.5) is 11.4 Å². The molecule has 27 heavy (non-hydrogen) atoms. The Hall–Kier alpha value is -3.39. The summed E-state index contributed by atoms with van der Waals surface area (Å²) in [5, 5.41) is 10.7. The summed E-state index contributed by atoms with van der Waals surface area (Å²) >= 11 is 1.57. The maximum Gasteiger partial charge on any atom is 0.252 e. The summed E-state index contributed by atoms with van der Waals surface area (Å²) in [6, 6.07) is 11.4. The van der Waals surface area contributed by atoms with Crippen LogP contribution in [-0.4, -0.2) is 27.8 Å². The van der Waals surface area contributed by atoms with Crippen molar-refractivity contribution >= 4 is 39.7 Å². The van der Waals surface area contributed by atoms with E-state index in [9.17, 15) is 4.79 Å². The van der Waals surface area contributed by atoms with Crippen molar-refractivity contribution in [1.82, 2.24) is 14.8 Å². The number of anilines is 2. The molecule has 0 atom stereocenters. The van der Waals surface area contributed by atoms with Gasteiger partial charge in [-0.05, 0) is 23.6 Å². The van der Waals surface area contributed by atoms with Gasteiger partial charge in [0.2, 0.25) is 0 Å². The third-order valence-corrected chi connectivity index (χ3v) is 5.09. The number of ether oxygens (including phenoxy) is 1. The number of amides is 1. The molecular formula is C19H17N5O2S. The quantitative estimate of drug-likeness (QED) is 0.553. The molecule has 1 aromatic carbocycles. The van der Waals surface area contributed by atoms with E-state index in [0.717, 1.165) is 21.6 Å². The van der Waals surface area contributed by atoms with E-state index in [0.29, 0.717) is 22.6 Å². The van der Waals surface area contributed by atoms with Gasteiger partial charge in [0.25, 0.3) is 5.91 Å². The third-order valence-electron chi connectivity index (χ3n) is 4.21. The molecule has 0 aliphatic carbocycles. The molecule has 0 bridgehead atoms. The van der Waals surface area contributed by atoms with Crippen molar-refractivity contribution in [3.05, 3.63) is 53.5 Å².